The van der Waals surface area contributed by atoms with Crippen molar-refractivity contribution in [3.8, 4) is 0 Å². The average Bonchev–Trinajstić information content (AvgIpc) is 2.17. The second-order valence-electron chi connectivity index (χ2n) is 2.57. The maximum absolute atomic E-state index is 10.7. The Morgan fingerprint density at radius 3 is 2.15 bits per heavy atom. The molecule has 0 saturated heterocycles. The summed E-state index contributed by atoms with van der Waals surface area (Å²) in [6.07, 6.45) is 0. The van der Waals surface area contributed by atoms with Gasteiger partial charge in [0.1, 0.15) is 5.76 Å². The van der Waals surface area contributed by atoms with Gasteiger partial charge in [0.2, 0.25) is 5.91 Å². The number of nitrogens with two attached hydrogens (primary N) is 1. The van der Waals surface area contributed by atoms with Gasteiger partial charge in [-0.1, -0.05) is 18.7 Å². The zero-order chi connectivity index (χ0) is 9.84. The molecule has 3 heteroatoms. The SMILES string of the molecule is C=C(OC)c1ccc(C(N)=O)cc1. The first-order valence-corrected chi connectivity index (χ1v) is 3.78. The summed E-state index contributed by atoms with van der Waals surface area (Å²) >= 11 is 0. The Bertz CT molecular complexity index is 327. The van der Waals surface area contributed by atoms with Crippen molar-refractivity contribution in [1.82, 2.24) is 0 Å². The van der Waals surface area contributed by atoms with Crippen molar-refractivity contribution in [3.63, 3.8) is 0 Å². The third-order valence-corrected chi connectivity index (χ3v) is 1.74. The van der Waals surface area contributed by atoms with E-state index in [1.54, 1.807) is 31.4 Å². The van der Waals surface area contributed by atoms with Gasteiger partial charge in [-0.2, -0.15) is 0 Å². The Hall–Kier alpha value is -1.77. The lowest BCUT2D eigenvalue weighted by Gasteiger charge is -2.03. The quantitative estimate of drug-likeness (QED) is 0.709. The van der Waals surface area contributed by atoms with Gasteiger partial charge in [0, 0.05) is 11.1 Å². The smallest absolute Gasteiger partial charge is 0.248 e. The van der Waals surface area contributed by atoms with E-state index in [-0.39, 0.29) is 0 Å². The van der Waals surface area contributed by atoms with E-state index in [0.29, 0.717) is 11.3 Å². The number of ether oxygens (including phenoxy) is 1. The fourth-order valence-electron chi connectivity index (χ4n) is 0.938. The van der Waals surface area contributed by atoms with Crippen LogP contribution in [0.25, 0.3) is 5.76 Å². The molecule has 0 aliphatic heterocycles. The van der Waals surface area contributed by atoms with Crippen molar-refractivity contribution in [2.75, 3.05) is 7.11 Å². The Morgan fingerprint density at radius 1 is 1.31 bits per heavy atom. The molecule has 0 atom stereocenters. The molecule has 0 fully saturated rings. The van der Waals surface area contributed by atoms with Gasteiger partial charge in [-0.3, -0.25) is 4.79 Å². The van der Waals surface area contributed by atoms with Crippen molar-refractivity contribution in [2.24, 2.45) is 5.73 Å². The molecule has 0 unspecified atom stereocenters. The van der Waals surface area contributed by atoms with Crippen molar-refractivity contribution in [1.29, 1.82) is 0 Å². The van der Waals surface area contributed by atoms with E-state index >= 15 is 0 Å². The molecule has 0 aliphatic rings. The molecule has 1 amide bonds. The summed E-state index contributed by atoms with van der Waals surface area (Å²) in [4.78, 5) is 10.7. The number of benzene rings is 1. The van der Waals surface area contributed by atoms with Gasteiger partial charge in [0.05, 0.1) is 7.11 Å². The lowest BCUT2D eigenvalue weighted by Crippen LogP contribution is -2.10. The standard InChI is InChI=1S/C10H11NO2/c1-7(13-2)8-3-5-9(6-4-8)10(11)12/h3-6H,1H2,2H3,(H2,11,12). The zero-order valence-corrected chi connectivity index (χ0v) is 7.41. The fourth-order valence-corrected chi connectivity index (χ4v) is 0.938. The lowest BCUT2D eigenvalue weighted by atomic mass is 10.1. The van der Waals surface area contributed by atoms with Crippen LogP contribution in [0.3, 0.4) is 0 Å². The number of carbonyl (C=O) groups is 1. The predicted molar refractivity (Wildman–Crippen MR) is 51.0 cm³/mol. The third kappa shape index (κ3) is 2.08. The highest BCUT2D eigenvalue weighted by molar-refractivity contribution is 5.92. The lowest BCUT2D eigenvalue weighted by molar-refractivity contribution is 0.100. The van der Waals surface area contributed by atoms with Crippen LogP contribution < -0.4 is 5.73 Å². The molecule has 1 aromatic carbocycles. The van der Waals surface area contributed by atoms with E-state index in [1.807, 2.05) is 0 Å². The molecule has 0 bridgehead atoms. The molecule has 13 heavy (non-hydrogen) atoms. The molecule has 2 N–H and O–H groups in total. The highest BCUT2D eigenvalue weighted by atomic mass is 16.5. The Kier molecular flexibility index (Phi) is 2.69. The summed E-state index contributed by atoms with van der Waals surface area (Å²) in [5.41, 5.74) is 6.40. The first-order chi connectivity index (χ1) is 6.15. The van der Waals surface area contributed by atoms with E-state index in [0.717, 1.165) is 5.56 Å². The minimum atomic E-state index is -0.436. The maximum Gasteiger partial charge on any atom is 0.248 e. The zero-order valence-electron chi connectivity index (χ0n) is 7.41. The minimum Gasteiger partial charge on any atom is -0.497 e. The van der Waals surface area contributed by atoms with E-state index in [2.05, 4.69) is 6.58 Å². The summed E-state index contributed by atoms with van der Waals surface area (Å²) in [7, 11) is 1.55. The highest BCUT2D eigenvalue weighted by Crippen LogP contribution is 2.13. The van der Waals surface area contributed by atoms with Gasteiger partial charge in [-0.15, -0.1) is 0 Å². The molecular weight excluding hydrogens is 166 g/mol. The molecule has 0 spiro atoms. The first-order valence-electron chi connectivity index (χ1n) is 3.78. The average molecular weight is 177 g/mol. The summed E-state index contributed by atoms with van der Waals surface area (Å²) in [6.45, 7) is 3.68. The van der Waals surface area contributed by atoms with Crippen LogP contribution in [-0.4, -0.2) is 13.0 Å². The molecule has 0 aliphatic carbocycles. The van der Waals surface area contributed by atoms with Gasteiger partial charge in [0.15, 0.2) is 0 Å². The van der Waals surface area contributed by atoms with Gasteiger partial charge < -0.3 is 10.5 Å². The van der Waals surface area contributed by atoms with Gasteiger partial charge in [-0.25, -0.2) is 0 Å². The number of methoxy groups -OCH3 is 1. The molecule has 0 aromatic heterocycles. The van der Waals surface area contributed by atoms with Crippen molar-refractivity contribution in [3.05, 3.63) is 42.0 Å². The number of hydrogen-bond acceptors (Lipinski definition) is 2. The van der Waals surface area contributed by atoms with Crippen LogP contribution in [0.15, 0.2) is 30.8 Å². The molecule has 0 saturated carbocycles. The summed E-state index contributed by atoms with van der Waals surface area (Å²) in [5, 5.41) is 0. The van der Waals surface area contributed by atoms with Crippen LogP contribution in [0.1, 0.15) is 15.9 Å². The summed E-state index contributed by atoms with van der Waals surface area (Å²) < 4.78 is 4.93. The monoisotopic (exact) mass is 177 g/mol. The minimum absolute atomic E-state index is 0.436. The second kappa shape index (κ2) is 3.76. The van der Waals surface area contributed by atoms with Crippen LogP contribution in [0.2, 0.25) is 0 Å². The Balaban J connectivity index is 2.93. The number of hydrogen-bond donors (Lipinski definition) is 1. The van der Waals surface area contributed by atoms with Crippen LogP contribution in [0.5, 0.6) is 0 Å². The molecular formula is C10H11NO2. The third-order valence-electron chi connectivity index (χ3n) is 1.74. The largest absolute Gasteiger partial charge is 0.497 e. The number of primary amides is 1. The Labute approximate surface area is 76.8 Å². The van der Waals surface area contributed by atoms with Crippen molar-refractivity contribution < 1.29 is 9.53 Å². The topological polar surface area (TPSA) is 52.3 Å². The Morgan fingerprint density at radius 2 is 1.77 bits per heavy atom. The van der Waals surface area contributed by atoms with Crippen molar-refractivity contribution in [2.45, 2.75) is 0 Å². The van der Waals surface area contributed by atoms with Crippen LogP contribution in [-0.2, 0) is 4.74 Å². The van der Waals surface area contributed by atoms with Crippen LogP contribution in [0.4, 0.5) is 0 Å². The van der Waals surface area contributed by atoms with Crippen molar-refractivity contribution >= 4 is 11.7 Å². The molecule has 3 nitrogen and oxygen atoms in total. The van der Waals surface area contributed by atoms with E-state index in [9.17, 15) is 4.79 Å². The number of rotatable bonds is 3. The summed E-state index contributed by atoms with van der Waals surface area (Å²) in [5.74, 6) is 0.130. The van der Waals surface area contributed by atoms with Gasteiger partial charge in [0.25, 0.3) is 0 Å². The molecule has 0 radical (unpaired) electrons. The van der Waals surface area contributed by atoms with E-state index in [4.69, 9.17) is 10.5 Å². The number of carbonyl (C=O) groups excluding carboxylic acids is 1. The highest BCUT2D eigenvalue weighted by Gasteiger charge is 2.01. The fraction of sp³-hybridized carbons (Fsp3) is 0.100. The number of amides is 1. The first kappa shape index (κ1) is 9.32. The predicted octanol–water partition coefficient (Wildman–Crippen LogP) is 1.40. The van der Waals surface area contributed by atoms with Crippen LogP contribution >= 0.6 is 0 Å². The van der Waals surface area contributed by atoms with Crippen LogP contribution in [0, 0.1) is 0 Å². The molecule has 1 rings (SSSR count). The molecule has 0 heterocycles. The van der Waals surface area contributed by atoms with E-state index < -0.39 is 5.91 Å². The summed E-state index contributed by atoms with van der Waals surface area (Å²) in [6, 6.07) is 6.77. The second-order valence-corrected chi connectivity index (χ2v) is 2.57. The van der Waals surface area contributed by atoms with Gasteiger partial charge >= 0.3 is 0 Å². The van der Waals surface area contributed by atoms with E-state index in [1.165, 1.54) is 0 Å². The maximum atomic E-state index is 10.7. The molecule has 1 aromatic rings. The normalized spacial score (nSPS) is 9.31. The van der Waals surface area contributed by atoms with Gasteiger partial charge in [-0.05, 0) is 12.1 Å². The molecule has 68 valence electrons.